The highest BCUT2D eigenvalue weighted by molar-refractivity contribution is 8.00. The van der Waals surface area contributed by atoms with E-state index in [1.807, 2.05) is 31.2 Å². The standard InChI is InChI=1S/C13H16N2O4S2/c1-10-3-5-11(6-4-10)18-9-12-14-15-13(19-12)20-7-8-21(2,16)17/h3-6H,7-9H2,1-2H3. The maximum absolute atomic E-state index is 11.0. The lowest BCUT2D eigenvalue weighted by Gasteiger charge is -2.02. The summed E-state index contributed by atoms with van der Waals surface area (Å²) in [4.78, 5) is 0. The average Bonchev–Trinajstić information content (AvgIpc) is 2.85. The van der Waals surface area contributed by atoms with Crippen LogP contribution in [-0.2, 0) is 16.4 Å². The van der Waals surface area contributed by atoms with Gasteiger partial charge in [-0.2, -0.15) is 0 Å². The van der Waals surface area contributed by atoms with Gasteiger partial charge in [0.15, 0.2) is 6.61 Å². The van der Waals surface area contributed by atoms with E-state index in [-0.39, 0.29) is 12.4 Å². The van der Waals surface area contributed by atoms with Crippen LogP contribution in [0.3, 0.4) is 0 Å². The minimum atomic E-state index is -2.97. The summed E-state index contributed by atoms with van der Waals surface area (Å²) in [5.74, 6) is 1.55. The van der Waals surface area contributed by atoms with Crippen molar-refractivity contribution in [3.05, 3.63) is 35.7 Å². The molecule has 2 aromatic rings. The molecule has 0 aliphatic heterocycles. The number of nitrogens with zero attached hydrogens (tertiary/aromatic N) is 2. The zero-order valence-electron chi connectivity index (χ0n) is 11.8. The maximum atomic E-state index is 11.0. The van der Waals surface area contributed by atoms with Crippen LogP contribution < -0.4 is 4.74 Å². The van der Waals surface area contributed by atoms with Crippen molar-refractivity contribution >= 4 is 21.6 Å². The van der Waals surface area contributed by atoms with Crippen LogP contribution in [0.4, 0.5) is 0 Å². The fourth-order valence-electron chi connectivity index (χ4n) is 1.41. The Morgan fingerprint density at radius 3 is 2.62 bits per heavy atom. The summed E-state index contributed by atoms with van der Waals surface area (Å²) in [6.45, 7) is 2.19. The summed E-state index contributed by atoms with van der Waals surface area (Å²) in [6.07, 6.45) is 1.20. The van der Waals surface area contributed by atoms with Gasteiger partial charge in [-0.1, -0.05) is 29.5 Å². The number of ether oxygens (including phenoxy) is 1. The quantitative estimate of drug-likeness (QED) is 0.720. The third kappa shape index (κ3) is 5.76. The van der Waals surface area contributed by atoms with E-state index in [1.54, 1.807) is 0 Å². The van der Waals surface area contributed by atoms with E-state index in [0.717, 1.165) is 11.3 Å². The first-order chi connectivity index (χ1) is 9.92. The first-order valence-electron chi connectivity index (χ1n) is 6.25. The molecule has 114 valence electrons. The lowest BCUT2D eigenvalue weighted by atomic mass is 10.2. The molecule has 0 N–H and O–H groups in total. The highest BCUT2D eigenvalue weighted by Crippen LogP contribution is 2.18. The van der Waals surface area contributed by atoms with Crippen LogP contribution in [0.2, 0.25) is 0 Å². The van der Waals surface area contributed by atoms with E-state index < -0.39 is 9.84 Å². The van der Waals surface area contributed by atoms with Crippen molar-refractivity contribution in [3.63, 3.8) is 0 Å². The molecule has 0 bridgehead atoms. The van der Waals surface area contributed by atoms with E-state index >= 15 is 0 Å². The highest BCUT2D eigenvalue weighted by Gasteiger charge is 2.09. The SMILES string of the molecule is Cc1ccc(OCc2nnc(SCCS(C)(=O)=O)o2)cc1. The third-order valence-electron chi connectivity index (χ3n) is 2.51. The van der Waals surface area contributed by atoms with Crippen molar-refractivity contribution in [1.82, 2.24) is 10.2 Å². The second kappa shape index (κ2) is 6.95. The van der Waals surface area contributed by atoms with Crippen molar-refractivity contribution < 1.29 is 17.6 Å². The molecule has 0 saturated carbocycles. The van der Waals surface area contributed by atoms with Gasteiger partial charge in [0.05, 0.1) is 5.75 Å². The van der Waals surface area contributed by atoms with Crippen molar-refractivity contribution in [2.75, 3.05) is 17.8 Å². The Hall–Kier alpha value is -1.54. The van der Waals surface area contributed by atoms with E-state index in [9.17, 15) is 8.42 Å². The molecular formula is C13H16N2O4S2. The fraction of sp³-hybridized carbons (Fsp3) is 0.385. The molecule has 0 atom stereocenters. The third-order valence-corrected chi connectivity index (χ3v) is 4.54. The molecule has 0 saturated heterocycles. The van der Waals surface area contributed by atoms with Crippen molar-refractivity contribution in [1.29, 1.82) is 0 Å². The van der Waals surface area contributed by atoms with Gasteiger partial charge in [-0.05, 0) is 19.1 Å². The molecule has 8 heteroatoms. The minimum absolute atomic E-state index is 0.0786. The predicted octanol–water partition coefficient (Wildman–Crippen LogP) is 2.09. The van der Waals surface area contributed by atoms with Crippen LogP contribution in [0.25, 0.3) is 0 Å². The van der Waals surface area contributed by atoms with Crippen LogP contribution in [0.5, 0.6) is 5.75 Å². The normalized spacial score (nSPS) is 11.5. The Morgan fingerprint density at radius 2 is 1.95 bits per heavy atom. The molecule has 21 heavy (non-hydrogen) atoms. The molecule has 0 radical (unpaired) electrons. The average molecular weight is 328 g/mol. The largest absolute Gasteiger partial charge is 0.484 e. The number of aromatic nitrogens is 2. The van der Waals surface area contributed by atoms with Crippen molar-refractivity contribution in [2.24, 2.45) is 0 Å². The second-order valence-electron chi connectivity index (χ2n) is 4.54. The summed E-state index contributed by atoms with van der Waals surface area (Å²) in [7, 11) is -2.97. The van der Waals surface area contributed by atoms with E-state index in [0.29, 0.717) is 16.9 Å². The lowest BCUT2D eigenvalue weighted by Crippen LogP contribution is -2.04. The van der Waals surface area contributed by atoms with Crippen molar-refractivity contribution in [2.45, 2.75) is 18.8 Å². The molecule has 1 aromatic heterocycles. The summed E-state index contributed by atoms with van der Waals surface area (Å²) in [5, 5.41) is 8.03. The number of benzene rings is 1. The molecule has 0 fully saturated rings. The number of hydrogen-bond acceptors (Lipinski definition) is 7. The van der Waals surface area contributed by atoms with Gasteiger partial charge in [0, 0.05) is 12.0 Å². The molecule has 1 aromatic carbocycles. The van der Waals surface area contributed by atoms with Crippen LogP contribution in [0.15, 0.2) is 33.9 Å². The van der Waals surface area contributed by atoms with Gasteiger partial charge in [-0.25, -0.2) is 8.42 Å². The van der Waals surface area contributed by atoms with Crippen LogP contribution in [0.1, 0.15) is 11.5 Å². The maximum Gasteiger partial charge on any atom is 0.276 e. The molecule has 2 rings (SSSR count). The van der Waals surface area contributed by atoms with E-state index in [4.69, 9.17) is 9.15 Å². The number of thioether (sulfide) groups is 1. The van der Waals surface area contributed by atoms with Crippen LogP contribution >= 0.6 is 11.8 Å². The number of aryl methyl sites for hydroxylation is 1. The summed E-state index contributed by atoms with van der Waals surface area (Å²) in [5.41, 5.74) is 1.16. The molecule has 0 aliphatic rings. The Labute approximate surface area is 127 Å². The number of hydrogen-bond donors (Lipinski definition) is 0. The Morgan fingerprint density at radius 1 is 1.24 bits per heavy atom. The van der Waals surface area contributed by atoms with Crippen molar-refractivity contribution in [3.8, 4) is 5.75 Å². The summed E-state index contributed by atoms with van der Waals surface area (Å²) >= 11 is 1.22. The molecule has 0 spiro atoms. The van der Waals surface area contributed by atoms with E-state index in [1.165, 1.54) is 18.0 Å². The summed E-state index contributed by atoms with van der Waals surface area (Å²) < 4.78 is 32.9. The van der Waals surface area contributed by atoms with Crippen LogP contribution in [-0.4, -0.2) is 36.4 Å². The van der Waals surface area contributed by atoms with Gasteiger partial charge in [0.2, 0.25) is 0 Å². The highest BCUT2D eigenvalue weighted by atomic mass is 32.2. The van der Waals surface area contributed by atoms with Gasteiger partial charge >= 0.3 is 0 Å². The smallest absolute Gasteiger partial charge is 0.276 e. The van der Waals surface area contributed by atoms with Crippen LogP contribution in [0, 0.1) is 6.92 Å². The first kappa shape index (κ1) is 15.8. The zero-order valence-corrected chi connectivity index (χ0v) is 13.4. The lowest BCUT2D eigenvalue weighted by molar-refractivity contribution is 0.252. The molecule has 6 nitrogen and oxygen atoms in total. The fourth-order valence-corrected chi connectivity index (χ4v) is 3.39. The topological polar surface area (TPSA) is 82.3 Å². The Balaban J connectivity index is 1.81. The monoisotopic (exact) mass is 328 g/mol. The van der Waals surface area contributed by atoms with Gasteiger partial charge in [0.25, 0.3) is 11.1 Å². The van der Waals surface area contributed by atoms with Gasteiger partial charge in [-0.15, -0.1) is 10.2 Å². The minimum Gasteiger partial charge on any atom is -0.484 e. The molecule has 1 heterocycles. The zero-order chi connectivity index (χ0) is 15.3. The predicted molar refractivity (Wildman–Crippen MR) is 80.2 cm³/mol. The number of rotatable bonds is 7. The van der Waals surface area contributed by atoms with Gasteiger partial charge in [0.1, 0.15) is 15.6 Å². The number of sulfone groups is 1. The second-order valence-corrected chi connectivity index (χ2v) is 7.85. The van der Waals surface area contributed by atoms with E-state index in [2.05, 4.69) is 10.2 Å². The summed E-state index contributed by atoms with van der Waals surface area (Å²) in [6, 6.07) is 7.65. The Kier molecular flexibility index (Phi) is 5.24. The Bertz CT molecular complexity index is 680. The molecule has 0 aliphatic carbocycles. The van der Waals surface area contributed by atoms with Gasteiger partial charge < -0.3 is 9.15 Å². The molecular weight excluding hydrogens is 312 g/mol. The first-order valence-corrected chi connectivity index (χ1v) is 9.29. The molecule has 0 amide bonds. The molecule has 0 unspecified atom stereocenters. The van der Waals surface area contributed by atoms with Gasteiger partial charge in [-0.3, -0.25) is 0 Å².